The van der Waals surface area contributed by atoms with Crippen molar-refractivity contribution in [2.24, 2.45) is 0 Å². The monoisotopic (exact) mass is 304 g/mol. The Balaban J connectivity index is 1.72. The number of nitrogens with one attached hydrogen (secondary N) is 1. The number of carbonyl (C=O) groups excluding carboxylic acids is 1. The summed E-state index contributed by atoms with van der Waals surface area (Å²) in [7, 11) is 0. The number of fused-ring (bicyclic) bond motifs is 2. The van der Waals surface area contributed by atoms with Gasteiger partial charge in [0.05, 0.1) is 17.5 Å². The first-order valence-corrected chi connectivity index (χ1v) is 7.45. The van der Waals surface area contributed by atoms with Gasteiger partial charge in [-0.1, -0.05) is 12.1 Å². The van der Waals surface area contributed by atoms with Gasteiger partial charge in [0, 0.05) is 17.4 Å². The molecule has 0 bridgehead atoms. The largest absolute Gasteiger partial charge is 0.399 e. The molecule has 0 fully saturated rings. The zero-order valence-electron chi connectivity index (χ0n) is 12.7. The van der Waals surface area contributed by atoms with Crippen LogP contribution in [0.2, 0.25) is 0 Å². The van der Waals surface area contributed by atoms with E-state index in [-0.39, 0.29) is 5.91 Å². The summed E-state index contributed by atoms with van der Waals surface area (Å²) in [5.74, 6) is 0.678. The molecule has 5 heteroatoms. The molecule has 0 amide bonds. The average Bonchev–Trinajstić information content (AvgIpc) is 3.09. The number of anilines is 1. The molecule has 4 aromatic rings. The predicted octanol–water partition coefficient (Wildman–Crippen LogP) is 3.29. The summed E-state index contributed by atoms with van der Waals surface area (Å²) in [5.41, 5.74) is 9.98. The number of rotatable bonds is 2. The third-order valence-corrected chi connectivity index (χ3v) is 4.07. The van der Waals surface area contributed by atoms with Gasteiger partial charge in [0.2, 0.25) is 5.91 Å². The number of aryl methyl sites for hydroxylation is 1. The standard InChI is InChI=1S/C18H16N4O/c1-11-21-16-10-14(19)4-5-17(16)22(11)18(23)9-12-2-3-13-6-7-20-15(13)8-12/h2-8,10,20H,9,19H2,1H3. The van der Waals surface area contributed by atoms with E-state index in [4.69, 9.17) is 5.73 Å². The van der Waals surface area contributed by atoms with Crippen LogP contribution in [0.3, 0.4) is 0 Å². The number of carbonyl (C=O) groups is 1. The molecule has 23 heavy (non-hydrogen) atoms. The van der Waals surface area contributed by atoms with Crippen molar-refractivity contribution in [3.63, 3.8) is 0 Å². The van der Waals surface area contributed by atoms with Crippen LogP contribution < -0.4 is 5.73 Å². The molecule has 0 aliphatic rings. The van der Waals surface area contributed by atoms with E-state index in [0.29, 0.717) is 17.9 Å². The van der Waals surface area contributed by atoms with Crippen LogP contribution in [0.25, 0.3) is 21.9 Å². The second-order valence-corrected chi connectivity index (χ2v) is 5.71. The molecule has 0 atom stereocenters. The van der Waals surface area contributed by atoms with Crippen molar-refractivity contribution < 1.29 is 4.79 Å². The molecule has 2 aromatic heterocycles. The highest BCUT2D eigenvalue weighted by molar-refractivity contribution is 5.93. The first-order chi connectivity index (χ1) is 11.1. The Morgan fingerprint density at radius 3 is 2.96 bits per heavy atom. The van der Waals surface area contributed by atoms with Crippen LogP contribution in [-0.2, 0) is 6.42 Å². The molecule has 114 valence electrons. The molecular formula is C18H16N4O. The van der Waals surface area contributed by atoms with Gasteiger partial charge in [-0.25, -0.2) is 4.98 Å². The molecule has 2 heterocycles. The van der Waals surface area contributed by atoms with Gasteiger partial charge >= 0.3 is 0 Å². The zero-order chi connectivity index (χ0) is 16.0. The molecule has 0 spiro atoms. The van der Waals surface area contributed by atoms with Crippen molar-refractivity contribution in [1.82, 2.24) is 14.5 Å². The lowest BCUT2D eigenvalue weighted by Crippen LogP contribution is -2.15. The lowest BCUT2D eigenvalue weighted by atomic mass is 10.1. The Labute approximate surface area is 132 Å². The molecule has 3 N–H and O–H groups in total. The molecule has 0 saturated heterocycles. The summed E-state index contributed by atoms with van der Waals surface area (Å²) in [6.45, 7) is 1.84. The maximum Gasteiger partial charge on any atom is 0.236 e. The molecular weight excluding hydrogens is 288 g/mol. The van der Waals surface area contributed by atoms with E-state index in [1.54, 1.807) is 16.7 Å². The Morgan fingerprint density at radius 2 is 2.09 bits per heavy atom. The van der Waals surface area contributed by atoms with Crippen molar-refractivity contribution >= 4 is 33.5 Å². The highest BCUT2D eigenvalue weighted by atomic mass is 16.2. The topological polar surface area (TPSA) is 76.7 Å². The number of imidazole rings is 1. The van der Waals surface area contributed by atoms with Gasteiger partial charge in [-0.3, -0.25) is 9.36 Å². The maximum atomic E-state index is 12.8. The van der Waals surface area contributed by atoms with Crippen LogP contribution in [0.4, 0.5) is 5.69 Å². The fourth-order valence-electron chi connectivity index (χ4n) is 2.99. The molecule has 0 unspecified atom stereocenters. The third kappa shape index (κ3) is 2.26. The Bertz CT molecular complexity index is 1040. The number of nitrogens with zero attached hydrogens (tertiary/aromatic N) is 2. The first-order valence-electron chi connectivity index (χ1n) is 7.45. The molecule has 0 aliphatic heterocycles. The average molecular weight is 304 g/mol. The van der Waals surface area contributed by atoms with Crippen molar-refractivity contribution in [2.45, 2.75) is 13.3 Å². The van der Waals surface area contributed by atoms with E-state index in [9.17, 15) is 4.79 Å². The number of hydrogen-bond acceptors (Lipinski definition) is 3. The summed E-state index contributed by atoms with van der Waals surface area (Å²) in [5, 5.41) is 1.14. The van der Waals surface area contributed by atoms with Gasteiger partial charge < -0.3 is 10.7 Å². The Hall–Kier alpha value is -3.08. The lowest BCUT2D eigenvalue weighted by molar-refractivity contribution is 0.0916. The van der Waals surface area contributed by atoms with Crippen LogP contribution in [0.1, 0.15) is 16.2 Å². The summed E-state index contributed by atoms with van der Waals surface area (Å²) < 4.78 is 1.66. The van der Waals surface area contributed by atoms with Gasteiger partial charge in [-0.05, 0) is 48.2 Å². The number of benzene rings is 2. The first kappa shape index (κ1) is 13.6. The number of aromatic amines is 1. The minimum atomic E-state index is 0.000627. The van der Waals surface area contributed by atoms with Crippen LogP contribution in [0.15, 0.2) is 48.7 Å². The number of nitrogens with two attached hydrogens (primary N) is 1. The predicted molar refractivity (Wildman–Crippen MR) is 91.5 cm³/mol. The van der Waals surface area contributed by atoms with E-state index in [1.807, 2.05) is 43.5 Å². The third-order valence-electron chi connectivity index (χ3n) is 4.07. The number of hydrogen-bond donors (Lipinski definition) is 2. The van der Waals surface area contributed by atoms with Crippen molar-refractivity contribution in [1.29, 1.82) is 0 Å². The molecule has 0 aliphatic carbocycles. The summed E-state index contributed by atoms with van der Waals surface area (Å²) >= 11 is 0. The van der Waals surface area contributed by atoms with Crippen LogP contribution in [0, 0.1) is 6.92 Å². The molecule has 4 rings (SSSR count). The quantitative estimate of drug-likeness (QED) is 0.558. The highest BCUT2D eigenvalue weighted by Gasteiger charge is 2.15. The SMILES string of the molecule is Cc1nc2cc(N)ccc2n1C(=O)Cc1ccc2cc[nH]c2c1. The Kier molecular flexibility index (Phi) is 2.94. The fraction of sp³-hybridized carbons (Fsp3) is 0.111. The maximum absolute atomic E-state index is 12.8. The van der Waals surface area contributed by atoms with Gasteiger partial charge in [0.15, 0.2) is 0 Å². The van der Waals surface area contributed by atoms with Gasteiger partial charge in [0.25, 0.3) is 0 Å². The summed E-state index contributed by atoms with van der Waals surface area (Å²) in [6, 6.07) is 13.5. The number of nitrogen functional groups attached to an aromatic ring is 1. The Morgan fingerprint density at radius 1 is 1.22 bits per heavy atom. The smallest absolute Gasteiger partial charge is 0.236 e. The van der Waals surface area contributed by atoms with Gasteiger partial charge in [-0.15, -0.1) is 0 Å². The van der Waals surface area contributed by atoms with Crippen molar-refractivity contribution in [2.75, 3.05) is 5.73 Å². The molecule has 0 radical (unpaired) electrons. The minimum absolute atomic E-state index is 0.000627. The normalized spacial score (nSPS) is 11.3. The second-order valence-electron chi connectivity index (χ2n) is 5.71. The zero-order valence-corrected chi connectivity index (χ0v) is 12.7. The second kappa shape index (κ2) is 4.98. The summed E-state index contributed by atoms with van der Waals surface area (Å²) in [6.07, 6.45) is 2.22. The summed E-state index contributed by atoms with van der Waals surface area (Å²) in [4.78, 5) is 20.4. The molecule has 0 saturated carbocycles. The van der Waals surface area contributed by atoms with Gasteiger partial charge in [0.1, 0.15) is 5.82 Å². The van der Waals surface area contributed by atoms with Crippen LogP contribution in [0.5, 0.6) is 0 Å². The number of aromatic nitrogens is 3. The van der Waals surface area contributed by atoms with E-state index < -0.39 is 0 Å². The molecule has 2 aromatic carbocycles. The lowest BCUT2D eigenvalue weighted by Gasteiger charge is -2.06. The number of H-pyrrole nitrogens is 1. The van der Waals surface area contributed by atoms with E-state index in [2.05, 4.69) is 9.97 Å². The van der Waals surface area contributed by atoms with Gasteiger partial charge in [-0.2, -0.15) is 0 Å². The van der Waals surface area contributed by atoms with Crippen molar-refractivity contribution in [3.8, 4) is 0 Å². The minimum Gasteiger partial charge on any atom is -0.399 e. The van der Waals surface area contributed by atoms with Crippen molar-refractivity contribution in [3.05, 3.63) is 60.0 Å². The molecule has 5 nitrogen and oxygen atoms in total. The highest BCUT2D eigenvalue weighted by Crippen LogP contribution is 2.20. The van der Waals surface area contributed by atoms with E-state index in [1.165, 1.54) is 0 Å². The van der Waals surface area contributed by atoms with Crippen LogP contribution >= 0.6 is 0 Å². The van der Waals surface area contributed by atoms with E-state index in [0.717, 1.165) is 27.5 Å². The fourth-order valence-corrected chi connectivity index (χ4v) is 2.99. The van der Waals surface area contributed by atoms with Crippen LogP contribution in [-0.4, -0.2) is 20.4 Å². The van der Waals surface area contributed by atoms with E-state index >= 15 is 0 Å².